The maximum Gasteiger partial charge on any atom is 0.416 e. The summed E-state index contributed by atoms with van der Waals surface area (Å²) in [7, 11) is 1.52. The van der Waals surface area contributed by atoms with Crippen LogP contribution in [0.5, 0.6) is 5.75 Å². The first-order valence-electron chi connectivity index (χ1n) is 8.38. The normalized spacial score (nSPS) is 11.4. The van der Waals surface area contributed by atoms with Gasteiger partial charge in [-0.05, 0) is 41.5 Å². The van der Waals surface area contributed by atoms with E-state index in [0.717, 1.165) is 17.5 Å². The van der Waals surface area contributed by atoms with Gasteiger partial charge in [0.25, 0.3) is 0 Å². The number of aromatic nitrogens is 4. The highest BCUT2D eigenvalue weighted by atomic mass is 19.4. The predicted octanol–water partition coefficient (Wildman–Crippen LogP) is 4.59. The van der Waals surface area contributed by atoms with Gasteiger partial charge in [-0.3, -0.25) is 0 Å². The Kier molecular flexibility index (Phi) is 4.39. The topological polar surface area (TPSA) is 87.5 Å². The Morgan fingerprint density at radius 1 is 1.03 bits per heavy atom. The molecule has 0 aliphatic rings. The quantitative estimate of drug-likeness (QED) is 0.548. The number of fused-ring (bicyclic) bond motifs is 1. The number of pyridine rings is 1. The van der Waals surface area contributed by atoms with Gasteiger partial charge >= 0.3 is 6.18 Å². The van der Waals surface area contributed by atoms with Crippen molar-refractivity contribution in [2.45, 2.75) is 6.18 Å². The van der Waals surface area contributed by atoms with Gasteiger partial charge in [0, 0.05) is 11.5 Å². The maximum absolute atomic E-state index is 12.9. The number of hydrogen-bond donors (Lipinski definition) is 1. The van der Waals surface area contributed by atoms with Crippen LogP contribution in [-0.2, 0) is 6.18 Å². The van der Waals surface area contributed by atoms with Crippen LogP contribution in [0, 0.1) is 11.3 Å². The van der Waals surface area contributed by atoms with E-state index in [-0.39, 0.29) is 11.4 Å². The molecule has 4 aromatic rings. The van der Waals surface area contributed by atoms with E-state index in [1.165, 1.54) is 19.2 Å². The van der Waals surface area contributed by atoms with Gasteiger partial charge in [0.1, 0.15) is 17.5 Å². The fraction of sp³-hybridized carbons (Fsp3) is 0.100. The van der Waals surface area contributed by atoms with Crippen molar-refractivity contribution < 1.29 is 17.9 Å². The number of nitrogens with one attached hydrogen (secondary N) is 1. The van der Waals surface area contributed by atoms with Crippen molar-refractivity contribution in [3.63, 3.8) is 0 Å². The van der Waals surface area contributed by atoms with Crippen molar-refractivity contribution >= 4 is 10.9 Å². The molecule has 4 rings (SSSR count). The van der Waals surface area contributed by atoms with Gasteiger partial charge in [-0.1, -0.05) is 12.1 Å². The number of hydrogen-bond acceptors (Lipinski definition) is 5. The lowest BCUT2D eigenvalue weighted by atomic mass is 9.98. The molecule has 0 atom stereocenters. The number of rotatable bonds is 3. The van der Waals surface area contributed by atoms with E-state index >= 15 is 0 Å². The van der Waals surface area contributed by atoms with Gasteiger partial charge in [0.2, 0.25) is 0 Å². The Balaban J connectivity index is 1.95. The highest BCUT2D eigenvalue weighted by molar-refractivity contribution is 5.97. The second kappa shape index (κ2) is 6.91. The monoisotopic (exact) mass is 395 g/mol. The van der Waals surface area contributed by atoms with Crippen molar-refractivity contribution in [2.75, 3.05) is 7.11 Å². The van der Waals surface area contributed by atoms with Crippen molar-refractivity contribution in [3.05, 3.63) is 59.8 Å². The lowest BCUT2D eigenvalue weighted by Crippen LogP contribution is -2.04. The van der Waals surface area contributed by atoms with Crippen molar-refractivity contribution in [2.24, 2.45) is 0 Å². The largest absolute Gasteiger partial charge is 0.497 e. The Labute approximate surface area is 162 Å². The van der Waals surface area contributed by atoms with Crippen LogP contribution in [0.2, 0.25) is 0 Å². The first-order chi connectivity index (χ1) is 13.9. The zero-order valence-electron chi connectivity index (χ0n) is 14.9. The van der Waals surface area contributed by atoms with Crippen LogP contribution in [0.15, 0.2) is 48.5 Å². The summed E-state index contributed by atoms with van der Waals surface area (Å²) in [6, 6.07) is 13.7. The molecule has 0 aliphatic carbocycles. The van der Waals surface area contributed by atoms with Crippen molar-refractivity contribution in [1.82, 2.24) is 20.4 Å². The summed E-state index contributed by atoms with van der Waals surface area (Å²) in [6.45, 7) is 0. The molecule has 2 aromatic carbocycles. The fourth-order valence-corrected chi connectivity index (χ4v) is 3.02. The van der Waals surface area contributed by atoms with E-state index < -0.39 is 11.7 Å². The van der Waals surface area contributed by atoms with E-state index in [1.54, 1.807) is 24.3 Å². The smallest absolute Gasteiger partial charge is 0.416 e. The molecule has 6 nitrogen and oxygen atoms in total. The number of H-pyrrole nitrogens is 1. The molecule has 0 unspecified atom stereocenters. The van der Waals surface area contributed by atoms with E-state index in [9.17, 15) is 18.4 Å². The molecule has 1 N–H and O–H groups in total. The zero-order chi connectivity index (χ0) is 20.6. The Bertz CT molecular complexity index is 1240. The number of halogens is 3. The maximum atomic E-state index is 12.9. The van der Waals surface area contributed by atoms with E-state index in [0.29, 0.717) is 28.1 Å². The molecular weight excluding hydrogens is 383 g/mol. The number of methoxy groups -OCH3 is 1. The summed E-state index contributed by atoms with van der Waals surface area (Å²) < 4.78 is 44.0. The number of nitrogens with zero attached hydrogens (tertiary/aromatic N) is 4. The molecule has 0 spiro atoms. The number of alkyl halides is 3. The van der Waals surface area contributed by atoms with Gasteiger partial charge in [-0.25, -0.2) is 4.98 Å². The molecule has 9 heteroatoms. The first kappa shape index (κ1) is 18.4. The molecule has 0 fully saturated rings. The highest BCUT2D eigenvalue weighted by Gasteiger charge is 2.30. The van der Waals surface area contributed by atoms with Crippen LogP contribution < -0.4 is 4.74 Å². The third kappa shape index (κ3) is 3.36. The molecular formula is C20H12F3N5O. The Morgan fingerprint density at radius 2 is 1.79 bits per heavy atom. The Morgan fingerprint density at radius 3 is 2.45 bits per heavy atom. The van der Waals surface area contributed by atoms with Gasteiger partial charge < -0.3 is 4.74 Å². The molecule has 29 heavy (non-hydrogen) atoms. The molecule has 0 amide bonds. The molecule has 0 saturated heterocycles. The average molecular weight is 395 g/mol. The molecule has 0 aliphatic heterocycles. The summed E-state index contributed by atoms with van der Waals surface area (Å²) >= 11 is 0. The first-order valence-corrected chi connectivity index (χ1v) is 8.38. The van der Waals surface area contributed by atoms with Crippen LogP contribution >= 0.6 is 0 Å². The molecule has 0 bridgehead atoms. The second-order valence-corrected chi connectivity index (χ2v) is 6.15. The minimum Gasteiger partial charge on any atom is -0.497 e. The Hall–Kier alpha value is -3.93. The van der Waals surface area contributed by atoms with Gasteiger partial charge in [-0.15, -0.1) is 5.10 Å². The number of nitriles is 1. The number of ether oxygens (including phenoxy) is 1. The standard InChI is InChI=1S/C20H12F3N5O/c1-29-13-6-7-14-15(11-2-4-12(5-3-11)20(21,22)23)9-17(25-16(14)8-13)19-18(10-24)26-28-27-19/h2-9H,1H3,(H,26,27,28). The summed E-state index contributed by atoms with van der Waals surface area (Å²) in [5.74, 6) is 0.571. The molecule has 144 valence electrons. The van der Waals surface area contributed by atoms with E-state index in [2.05, 4.69) is 20.4 Å². The van der Waals surface area contributed by atoms with Crippen molar-refractivity contribution in [1.29, 1.82) is 5.26 Å². The van der Waals surface area contributed by atoms with Crippen molar-refractivity contribution in [3.8, 4) is 34.3 Å². The minimum absolute atomic E-state index is 0.0677. The SMILES string of the molecule is COc1ccc2c(-c3ccc(C(F)(F)F)cc3)cc(-c3n[nH]nc3C#N)nc2c1. The lowest BCUT2D eigenvalue weighted by Gasteiger charge is -2.12. The van der Waals surface area contributed by atoms with Crippen LogP contribution in [-0.4, -0.2) is 27.5 Å². The molecule has 0 radical (unpaired) electrons. The van der Waals surface area contributed by atoms with Crippen LogP contribution in [0.4, 0.5) is 13.2 Å². The van der Waals surface area contributed by atoms with Gasteiger partial charge in [0.15, 0.2) is 5.69 Å². The summed E-state index contributed by atoms with van der Waals surface area (Å²) in [4.78, 5) is 4.54. The van der Waals surface area contributed by atoms with E-state index in [1.807, 2.05) is 6.07 Å². The fourth-order valence-electron chi connectivity index (χ4n) is 3.02. The van der Waals surface area contributed by atoms with Gasteiger partial charge in [-0.2, -0.15) is 28.7 Å². The molecule has 2 heterocycles. The predicted molar refractivity (Wildman–Crippen MR) is 98.8 cm³/mol. The third-order valence-corrected chi connectivity index (χ3v) is 4.44. The lowest BCUT2D eigenvalue weighted by molar-refractivity contribution is -0.137. The minimum atomic E-state index is -4.42. The summed E-state index contributed by atoms with van der Waals surface area (Å²) in [5.41, 5.74) is 1.72. The number of aromatic amines is 1. The van der Waals surface area contributed by atoms with Gasteiger partial charge in [0.05, 0.1) is 23.9 Å². The van der Waals surface area contributed by atoms with Crippen LogP contribution in [0.1, 0.15) is 11.3 Å². The number of benzene rings is 2. The third-order valence-electron chi connectivity index (χ3n) is 4.44. The molecule has 0 saturated carbocycles. The zero-order valence-corrected chi connectivity index (χ0v) is 14.9. The summed E-state index contributed by atoms with van der Waals surface area (Å²) in [5, 5.41) is 20.1. The van der Waals surface area contributed by atoms with Crippen LogP contribution in [0.25, 0.3) is 33.4 Å². The average Bonchev–Trinajstić information content (AvgIpc) is 3.21. The summed E-state index contributed by atoms with van der Waals surface area (Å²) in [6.07, 6.45) is -4.42. The molecule has 2 aromatic heterocycles. The highest BCUT2D eigenvalue weighted by Crippen LogP contribution is 2.36. The second-order valence-electron chi connectivity index (χ2n) is 6.15. The van der Waals surface area contributed by atoms with Crippen LogP contribution in [0.3, 0.4) is 0 Å². The van der Waals surface area contributed by atoms with E-state index in [4.69, 9.17) is 4.74 Å².